The molecule has 1 radical (unpaired) electrons. The smallest absolute Gasteiger partial charge is 0.142 e. The normalized spacial score (nSPS) is 13.9. The van der Waals surface area contributed by atoms with Crippen molar-refractivity contribution in [1.82, 2.24) is 9.97 Å². The molecule has 1 aliphatic rings. The van der Waals surface area contributed by atoms with Crippen molar-refractivity contribution in [1.29, 1.82) is 0 Å². The third-order valence-corrected chi connectivity index (χ3v) is 12.3. The first-order valence-corrected chi connectivity index (χ1v) is 20.7. The Kier molecular flexibility index (Phi) is 8.64. The molecule has 0 N–H and O–H groups in total. The molecule has 0 saturated heterocycles. The van der Waals surface area contributed by atoms with E-state index in [9.17, 15) is 4.39 Å². The molecule has 5 aromatic carbocycles. The Morgan fingerprint density at radius 3 is 2.29 bits per heavy atom. The van der Waals surface area contributed by atoms with Crippen molar-refractivity contribution in [3.05, 3.63) is 139 Å². The van der Waals surface area contributed by atoms with E-state index in [1.807, 2.05) is 36.5 Å². The van der Waals surface area contributed by atoms with Crippen LogP contribution in [-0.2, 0) is 26.5 Å². The SMILES string of the molecule is C[Si](C)(C)c1ccc(-c2[c-]cccc2)nc1.[2H]C([2H])(c1cc(-c2[c-]ccc3c2sc2c3ccc3ccc4ccccc4c32)ncc1F)C1CC1.[Ir]. The monoisotopic (exact) mass is 853 g/mol. The number of hydrogen-bond donors (Lipinski definition) is 0. The first kappa shape index (κ1) is 31.0. The second-order valence-electron chi connectivity index (χ2n) is 13.5. The fraction of sp³-hybridized carbons (Fsp3) is 0.163. The number of aromatic nitrogens is 2. The predicted molar refractivity (Wildman–Crippen MR) is 204 cm³/mol. The summed E-state index contributed by atoms with van der Waals surface area (Å²) in [6.45, 7) is 7.00. The standard InChI is InChI=1S/C29H19FNS.C14H16NSi.Ir/c30-25-16-31-26(15-20(25)14-17-8-9-17)24-7-3-6-22-23-13-12-19-11-10-18-4-1-2-5-21(18)27(19)29(23)32-28(22)24;1-16(2,3)13-9-10-14(15-11-13)12-7-5-4-6-8-12;/h1-6,10-13,15-17H,8-9,14H2;4-7,9-11H,1-3H3;/q2*-1;/i14D2;;. The van der Waals surface area contributed by atoms with E-state index < -0.39 is 20.3 Å². The van der Waals surface area contributed by atoms with Crippen LogP contribution in [0.25, 0.3) is 64.2 Å². The van der Waals surface area contributed by atoms with Crippen molar-refractivity contribution in [2.75, 3.05) is 0 Å². The molecule has 3 aromatic heterocycles. The third kappa shape index (κ3) is 6.76. The number of rotatable bonds is 5. The van der Waals surface area contributed by atoms with E-state index >= 15 is 0 Å². The zero-order chi connectivity index (χ0) is 34.6. The number of nitrogens with zero attached hydrogens (tertiary/aromatic N) is 2. The maximum absolute atomic E-state index is 14.7. The number of hydrogen-bond acceptors (Lipinski definition) is 3. The maximum Gasteiger partial charge on any atom is 0.142 e. The molecule has 0 bridgehead atoms. The maximum atomic E-state index is 14.7. The van der Waals surface area contributed by atoms with Crippen LogP contribution in [0.15, 0.2) is 116 Å². The Morgan fingerprint density at radius 1 is 0.776 bits per heavy atom. The quantitative estimate of drug-likeness (QED) is 0.0979. The van der Waals surface area contributed by atoms with Crippen LogP contribution >= 0.6 is 11.3 Å². The molecule has 1 aliphatic carbocycles. The van der Waals surface area contributed by atoms with Gasteiger partial charge in [0.05, 0.1) is 14.3 Å². The summed E-state index contributed by atoms with van der Waals surface area (Å²) >= 11 is 1.70. The molecule has 3 heterocycles. The van der Waals surface area contributed by atoms with Gasteiger partial charge in [-0.15, -0.1) is 59.7 Å². The minimum Gasteiger partial charge on any atom is -0.305 e. The van der Waals surface area contributed by atoms with Gasteiger partial charge >= 0.3 is 0 Å². The minimum atomic E-state index is -1.69. The second kappa shape index (κ2) is 13.7. The molecule has 1 saturated carbocycles. The van der Waals surface area contributed by atoms with E-state index in [1.54, 1.807) is 17.4 Å². The van der Waals surface area contributed by atoms with Crippen LogP contribution in [0.3, 0.4) is 0 Å². The largest absolute Gasteiger partial charge is 0.305 e. The Balaban J connectivity index is 0.000000202. The molecule has 49 heavy (non-hydrogen) atoms. The van der Waals surface area contributed by atoms with E-state index in [0.717, 1.165) is 45.9 Å². The molecule has 2 nitrogen and oxygen atoms in total. The van der Waals surface area contributed by atoms with Gasteiger partial charge in [-0.2, -0.15) is 11.3 Å². The fourth-order valence-corrected chi connectivity index (χ4v) is 8.57. The van der Waals surface area contributed by atoms with Crippen molar-refractivity contribution in [2.24, 2.45) is 5.92 Å². The van der Waals surface area contributed by atoms with Crippen LogP contribution in [0, 0.1) is 23.9 Å². The molecule has 0 aliphatic heterocycles. The topological polar surface area (TPSA) is 25.8 Å². The van der Waals surface area contributed by atoms with Gasteiger partial charge in [0.2, 0.25) is 0 Å². The Bertz CT molecular complexity index is 2530. The van der Waals surface area contributed by atoms with Gasteiger partial charge in [-0.1, -0.05) is 91.8 Å². The molecular formula is C43H35FIrN2SSi-2. The van der Waals surface area contributed by atoms with Gasteiger partial charge in [0.15, 0.2) is 0 Å². The van der Waals surface area contributed by atoms with E-state index in [2.05, 4.69) is 108 Å². The fourth-order valence-electron chi connectivity index (χ4n) is 6.16. The number of benzene rings is 5. The van der Waals surface area contributed by atoms with Crippen LogP contribution in [0.2, 0.25) is 19.6 Å². The van der Waals surface area contributed by atoms with Gasteiger partial charge in [-0.05, 0) is 73.5 Å². The summed E-state index contributed by atoms with van der Waals surface area (Å²) in [5.74, 6) is -0.706. The number of halogens is 1. The van der Waals surface area contributed by atoms with Gasteiger partial charge in [0.1, 0.15) is 5.82 Å². The van der Waals surface area contributed by atoms with Crippen molar-refractivity contribution in [2.45, 2.75) is 38.9 Å². The minimum absolute atomic E-state index is 0. The summed E-state index contributed by atoms with van der Waals surface area (Å²) in [6, 6.07) is 41.4. The van der Waals surface area contributed by atoms with Gasteiger partial charge < -0.3 is 9.97 Å². The van der Waals surface area contributed by atoms with Crippen LogP contribution in [0.4, 0.5) is 4.39 Å². The Hall–Kier alpha value is -4.06. The van der Waals surface area contributed by atoms with Gasteiger partial charge in [-0.3, -0.25) is 0 Å². The van der Waals surface area contributed by atoms with Crippen molar-refractivity contribution < 1.29 is 27.2 Å². The van der Waals surface area contributed by atoms with Crippen molar-refractivity contribution >= 4 is 66.3 Å². The first-order chi connectivity index (χ1) is 24.1. The molecule has 8 aromatic rings. The van der Waals surface area contributed by atoms with E-state index in [-0.39, 0.29) is 31.6 Å². The van der Waals surface area contributed by atoms with Crippen molar-refractivity contribution in [3.8, 4) is 22.5 Å². The summed E-state index contributed by atoms with van der Waals surface area (Å²) in [6.07, 6.45) is 3.08. The molecule has 0 unspecified atom stereocenters. The van der Waals surface area contributed by atoms with E-state index in [1.165, 1.54) is 36.8 Å². The summed E-state index contributed by atoms with van der Waals surface area (Å²) in [4.78, 5) is 8.89. The third-order valence-electron chi connectivity index (χ3n) is 8.97. The Morgan fingerprint density at radius 2 is 1.53 bits per heavy atom. The zero-order valence-electron chi connectivity index (χ0n) is 29.5. The number of pyridine rings is 2. The molecule has 9 rings (SSSR count). The van der Waals surface area contributed by atoms with E-state index in [0.29, 0.717) is 5.69 Å². The van der Waals surface area contributed by atoms with E-state index in [4.69, 9.17) is 2.74 Å². The summed E-state index contributed by atoms with van der Waals surface area (Å²) < 4.78 is 33.9. The molecular weight excluding hydrogens is 816 g/mol. The average molecular weight is 853 g/mol. The number of thiophene rings is 1. The predicted octanol–water partition coefficient (Wildman–Crippen LogP) is 11.4. The summed E-state index contributed by atoms with van der Waals surface area (Å²) in [7, 11) is -1.23. The van der Waals surface area contributed by atoms with Gasteiger partial charge in [0, 0.05) is 39.1 Å². The average Bonchev–Trinajstić information content (AvgIpc) is 3.93. The molecule has 6 heteroatoms. The van der Waals surface area contributed by atoms with Crippen LogP contribution < -0.4 is 5.19 Å². The van der Waals surface area contributed by atoms with Gasteiger partial charge in [-0.25, -0.2) is 4.39 Å². The van der Waals surface area contributed by atoms with Crippen LogP contribution in [-0.4, -0.2) is 18.0 Å². The molecule has 0 amide bonds. The summed E-state index contributed by atoms with van der Waals surface area (Å²) in [5.41, 5.74) is 3.52. The van der Waals surface area contributed by atoms with Crippen LogP contribution in [0.1, 0.15) is 21.1 Å². The summed E-state index contributed by atoms with van der Waals surface area (Å²) in [5, 5.41) is 8.55. The molecule has 0 atom stereocenters. The second-order valence-corrected chi connectivity index (χ2v) is 19.5. The Labute approximate surface area is 308 Å². The molecule has 0 spiro atoms. The van der Waals surface area contributed by atoms with Crippen molar-refractivity contribution in [3.63, 3.8) is 0 Å². The van der Waals surface area contributed by atoms with Crippen LogP contribution in [0.5, 0.6) is 0 Å². The molecule has 245 valence electrons. The number of fused-ring (bicyclic) bond motifs is 7. The first-order valence-electron chi connectivity index (χ1n) is 17.4. The molecule has 1 fully saturated rings. The van der Waals surface area contributed by atoms with Gasteiger partial charge in [0.25, 0.3) is 0 Å². The zero-order valence-corrected chi connectivity index (χ0v) is 31.7.